The van der Waals surface area contributed by atoms with E-state index in [-0.39, 0.29) is 0 Å². The van der Waals surface area contributed by atoms with Gasteiger partial charge in [-0.3, -0.25) is 4.90 Å². The van der Waals surface area contributed by atoms with Crippen molar-refractivity contribution in [3.05, 3.63) is 53.5 Å². The molecule has 2 aromatic rings. The number of aromatic nitrogens is 2. The number of nitriles is 1. The van der Waals surface area contributed by atoms with Crippen LogP contribution < -0.4 is 4.90 Å². The van der Waals surface area contributed by atoms with Gasteiger partial charge < -0.3 is 4.90 Å². The summed E-state index contributed by atoms with van der Waals surface area (Å²) < 4.78 is 0. The van der Waals surface area contributed by atoms with Gasteiger partial charge in [0.25, 0.3) is 0 Å². The molecule has 3 rings (SSSR count). The predicted octanol–water partition coefficient (Wildman–Crippen LogP) is 2.37. The Morgan fingerprint density at radius 1 is 1.35 bits per heavy atom. The molecule has 0 spiro atoms. The Kier molecular flexibility index (Phi) is 4.54. The van der Waals surface area contributed by atoms with Crippen LogP contribution in [0.15, 0.2) is 36.7 Å². The lowest BCUT2D eigenvalue weighted by atomic mass is 10.1. The Hall–Kier alpha value is -2.45. The van der Waals surface area contributed by atoms with E-state index in [1.54, 1.807) is 6.33 Å². The topological polar surface area (TPSA) is 56.0 Å². The van der Waals surface area contributed by atoms with Crippen molar-refractivity contribution < 1.29 is 0 Å². The first-order chi connectivity index (χ1) is 11.2. The van der Waals surface area contributed by atoms with Crippen LogP contribution in [-0.4, -0.2) is 41.0 Å². The molecule has 0 aliphatic carbocycles. The van der Waals surface area contributed by atoms with Gasteiger partial charge in [-0.2, -0.15) is 5.26 Å². The number of hydrogen-bond donors (Lipinski definition) is 0. The Morgan fingerprint density at radius 3 is 3.00 bits per heavy atom. The molecule has 118 valence electrons. The van der Waals surface area contributed by atoms with E-state index in [2.05, 4.69) is 39.0 Å². The Balaban J connectivity index is 1.63. The van der Waals surface area contributed by atoms with Crippen molar-refractivity contribution in [3.8, 4) is 6.07 Å². The van der Waals surface area contributed by atoms with Gasteiger partial charge in [0.15, 0.2) is 0 Å². The summed E-state index contributed by atoms with van der Waals surface area (Å²) in [5.41, 5.74) is 2.92. The van der Waals surface area contributed by atoms with Crippen LogP contribution in [0.4, 0.5) is 5.82 Å². The third-order valence-corrected chi connectivity index (χ3v) is 4.41. The molecule has 5 heteroatoms. The fourth-order valence-electron chi connectivity index (χ4n) is 3.09. The summed E-state index contributed by atoms with van der Waals surface area (Å²) in [4.78, 5) is 13.2. The van der Waals surface area contributed by atoms with E-state index in [9.17, 15) is 0 Å². The number of likely N-dealkylation sites (tertiary alicyclic amines) is 1. The summed E-state index contributed by atoms with van der Waals surface area (Å²) in [6, 6.07) is 12.6. The zero-order valence-corrected chi connectivity index (χ0v) is 13.6. The van der Waals surface area contributed by atoms with Crippen LogP contribution in [0, 0.1) is 18.3 Å². The van der Waals surface area contributed by atoms with Crippen LogP contribution in [0.2, 0.25) is 0 Å². The summed E-state index contributed by atoms with van der Waals surface area (Å²) in [6.45, 7) is 4.96. The van der Waals surface area contributed by atoms with Crippen molar-refractivity contribution >= 4 is 5.82 Å². The minimum Gasteiger partial charge on any atom is -0.355 e. The van der Waals surface area contributed by atoms with Crippen LogP contribution >= 0.6 is 0 Å². The number of nitrogens with zero attached hydrogens (tertiary/aromatic N) is 5. The van der Waals surface area contributed by atoms with Crippen molar-refractivity contribution in [1.82, 2.24) is 14.9 Å². The normalized spacial score (nSPS) is 17.9. The molecular formula is C18H21N5. The fourth-order valence-corrected chi connectivity index (χ4v) is 3.09. The van der Waals surface area contributed by atoms with Gasteiger partial charge >= 0.3 is 0 Å². The monoisotopic (exact) mass is 307 g/mol. The van der Waals surface area contributed by atoms with Crippen LogP contribution in [0.1, 0.15) is 23.2 Å². The highest BCUT2D eigenvalue weighted by molar-refractivity contribution is 5.39. The molecule has 1 aliphatic rings. The summed E-state index contributed by atoms with van der Waals surface area (Å²) in [5, 5.41) is 9.00. The highest BCUT2D eigenvalue weighted by Gasteiger charge is 2.26. The number of benzene rings is 1. The third kappa shape index (κ3) is 3.66. The molecule has 0 radical (unpaired) electrons. The highest BCUT2D eigenvalue weighted by Crippen LogP contribution is 2.21. The molecule has 1 atom stereocenters. The molecule has 1 aromatic heterocycles. The molecular weight excluding hydrogens is 286 g/mol. The third-order valence-electron chi connectivity index (χ3n) is 4.41. The Morgan fingerprint density at radius 2 is 2.22 bits per heavy atom. The van der Waals surface area contributed by atoms with Gasteiger partial charge in [0.05, 0.1) is 11.6 Å². The molecule has 1 aliphatic heterocycles. The molecule has 0 saturated carbocycles. The second-order valence-electron chi connectivity index (χ2n) is 6.12. The van der Waals surface area contributed by atoms with E-state index in [1.165, 1.54) is 5.56 Å². The van der Waals surface area contributed by atoms with E-state index in [0.717, 1.165) is 43.1 Å². The lowest BCUT2D eigenvalue weighted by Gasteiger charge is -2.26. The average Bonchev–Trinajstić information content (AvgIpc) is 3.03. The summed E-state index contributed by atoms with van der Waals surface area (Å²) in [5.74, 6) is 0.982. The molecule has 2 heterocycles. The van der Waals surface area contributed by atoms with Gasteiger partial charge in [-0.15, -0.1) is 0 Å². The van der Waals surface area contributed by atoms with Gasteiger partial charge in [-0.25, -0.2) is 9.97 Å². The Labute approximate surface area is 137 Å². The fraction of sp³-hybridized carbons (Fsp3) is 0.389. The SMILES string of the molecule is Cc1cc(N(C)C2CCN(Cc3cccc(C#N)c3)C2)ncn1. The van der Waals surface area contributed by atoms with Gasteiger partial charge in [-0.05, 0) is 31.0 Å². The second kappa shape index (κ2) is 6.76. The minimum atomic E-state index is 0.462. The van der Waals surface area contributed by atoms with Gasteiger partial charge in [0.2, 0.25) is 0 Å². The number of hydrogen-bond acceptors (Lipinski definition) is 5. The molecule has 5 nitrogen and oxygen atoms in total. The van der Waals surface area contributed by atoms with E-state index in [0.29, 0.717) is 6.04 Å². The van der Waals surface area contributed by atoms with Crippen LogP contribution in [0.3, 0.4) is 0 Å². The number of rotatable bonds is 4. The summed E-state index contributed by atoms with van der Waals surface area (Å²) in [6.07, 6.45) is 2.75. The molecule has 1 unspecified atom stereocenters. The predicted molar refractivity (Wildman–Crippen MR) is 90.0 cm³/mol. The maximum absolute atomic E-state index is 9.00. The van der Waals surface area contributed by atoms with E-state index < -0.39 is 0 Å². The first kappa shape index (κ1) is 15.4. The largest absolute Gasteiger partial charge is 0.355 e. The molecule has 0 amide bonds. The Bertz CT molecular complexity index is 721. The van der Waals surface area contributed by atoms with E-state index in [4.69, 9.17) is 5.26 Å². The maximum Gasteiger partial charge on any atom is 0.132 e. The average molecular weight is 307 g/mol. The lowest BCUT2D eigenvalue weighted by molar-refractivity contribution is 0.326. The summed E-state index contributed by atoms with van der Waals surface area (Å²) >= 11 is 0. The molecule has 23 heavy (non-hydrogen) atoms. The second-order valence-corrected chi connectivity index (χ2v) is 6.12. The standard InChI is InChI=1S/C18H21N5/c1-14-8-18(21-13-20-14)22(2)17-6-7-23(12-17)11-16-5-3-4-15(9-16)10-19/h3-5,8-9,13,17H,6-7,11-12H2,1-2H3. The zero-order valence-electron chi connectivity index (χ0n) is 13.6. The van der Waals surface area contributed by atoms with Crippen LogP contribution in [0.25, 0.3) is 0 Å². The number of aryl methyl sites for hydroxylation is 1. The van der Waals surface area contributed by atoms with Crippen molar-refractivity contribution in [3.63, 3.8) is 0 Å². The van der Waals surface area contributed by atoms with Gasteiger partial charge in [0.1, 0.15) is 12.1 Å². The minimum absolute atomic E-state index is 0.462. The molecule has 0 bridgehead atoms. The molecule has 0 N–H and O–H groups in total. The smallest absolute Gasteiger partial charge is 0.132 e. The van der Waals surface area contributed by atoms with Crippen molar-refractivity contribution in [2.24, 2.45) is 0 Å². The quantitative estimate of drug-likeness (QED) is 0.868. The van der Waals surface area contributed by atoms with Crippen molar-refractivity contribution in [1.29, 1.82) is 5.26 Å². The van der Waals surface area contributed by atoms with Crippen molar-refractivity contribution in [2.45, 2.75) is 25.9 Å². The maximum atomic E-state index is 9.00. The zero-order chi connectivity index (χ0) is 16.2. The van der Waals surface area contributed by atoms with Gasteiger partial charge in [0, 0.05) is 44.5 Å². The highest BCUT2D eigenvalue weighted by atomic mass is 15.3. The van der Waals surface area contributed by atoms with Crippen molar-refractivity contribution in [2.75, 3.05) is 25.0 Å². The first-order valence-corrected chi connectivity index (χ1v) is 7.88. The lowest BCUT2D eigenvalue weighted by Crippen LogP contribution is -2.35. The molecule has 1 saturated heterocycles. The van der Waals surface area contributed by atoms with Crippen LogP contribution in [0.5, 0.6) is 0 Å². The number of anilines is 1. The number of likely N-dealkylation sites (N-methyl/N-ethyl adjacent to an activating group) is 1. The summed E-state index contributed by atoms with van der Waals surface area (Å²) in [7, 11) is 2.10. The molecule has 1 aromatic carbocycles. The van der Waals surface area contributed by atoms with Gasteiger partial charge in [-0.1, -0.05) is 12.1 Å². The molecule has 1 fully saturated rings. The van der Waals surface area contributed by atoms with E-state index in [1.807, 2.05) is 31.2 Å². The van der Waals surface area contributed by atoms with E-state index >= 15 is 0 Å². The van der Waals surface area contributed by atoms with Crippen LogP contribution in [-0.2, 0) is 6.54 Å². The first-order valence-electron chi connectivity index (χ1n) is 7.88.